The summed E-state index contributed by atoms with van der Waals surface area (Å²) in [5, 5.41) is 14.0. The second-order valence-corrected chi connectivity index (χ2v) is 7.45. The van der Waals surface area contributed by atoms with E-state index in [9.17, 15) is 9.90 Å². The highest BCUT2D eigenvalue weighted by molar-refractivity contribution is 5.94. The minimum Gasteiger partial charge on any atom is -0.385 e. The molecule has 0 aliphatic carbocycles. The molecule has 4 rings (SSSR count). The number of carbonyl (C=O) groups is 1. The summed E-state index contributed by atoms with van der Waals surface area (Å²) in [5.74, 6) is 0.830. The van der Waals surface area contributed by atoms with Crippen molar-refractivity contribution in [3.8, 4) is 11.1 Å². The summed E-state index contributed by atoms with van der Waals surface area (Å²) in [5.41, 5.74) is 2.77. The smallest absolute Gasteiger partial charge is 0.253 e. The maximum absolute atomic E-state index is 12.9. The van der Waals surface area contributed by atoms with Gasteiger partial charge in [0.25, 0.3) is 5.91 Å². The monoisotopic (exact) mass is 387 g/mol. The topological polar surface area (TPSA) is 65.5 Å². The van der Waals surface area contributed by atoms with E-state index in [4.69, 9.17) is 0 Å². The van der Waals surface area contributed by atoms with Gasteiger partial charge in [0.05, 0.1) is 5.60 Å². The Labute approximate surface area is 171 Å². The summed E-state index contributed by atoms with van der Waals surface area (Å²) < 4.78 is 0. The van der Waals surface area contributed by atoms with E-state index in [0.29, 0.717) is 31.5 Å². The minimum absolute atomic E-state index is 0.00955. The van der Waals surface area contributed by atoms with Gasteiger partial charge >= 0.3 is 0 Å². The molecule has 29 heavy (non-hydrogen) atoms. The molecule has 3 aromatic rings. The van der Waals surface area contributed by atoms with E-state index in [0.717, 1.165) is 22.5 Å². The van der Waals surface area contributed by atoms with Gasteiger partial charge in [-0.3, -0.25) is 4.79 Å². The first-order valence-electron chi connectivity index (χ1n) is 9.90. The number of piperidine rings is 1. The number of aromatic nitrogens is 1. The second-order valence-electron chi connectivity index (χ2n) is 7.45. The highest BCUT2D eigenvalue weighted by atomic mass is 16.3. The normalized spacial score (nSPS) is 15.7. The average molecular weight is 387 g/mol. The van der Waals surface area contributed by atoms with Gasteiger partial charge < -0.3 is 15.3 Å². The molecular formula is C24H25N3O2. The van der Waals surface area contributed by atoms with Crippen LogP contribution in [-0.2, 0) is 5.60 Å². The Bertz CT molecular complexity index is 961. The number of pyridine rings is 1. The zero-order valence-electron chi connectivity index (χ0n) is 16.5. The van der Waals surface area contributed by atoms with Crippen molar-refractivity contribution < 1.29 is 9.90 Å². The fraction of sp³-hybridized carbons (Fsp3) is 0.250. The van der Waals surface area contributed by atoms with Crippen molar-refractivity contribution in [2.24, 2.45) is 0 Å². The van der Waals surface area contributed by atoms with E-state index >= 15 is 0 Å². The van der Waals surface area contributed by atoms with Crippen LogP contribution in [0.1, 0.15) is 28.8 Å². The maximum atomic E-state index is 12.9. The average Bonchev–Trinajstić information content (AvgIpc) is 2.80. The third kappa shape index (κ3) is 4.00. The molecule has 1 aromatic heterocycles. The SMILES string of the molecule is CNc1ccc(-c2ccc(C(=O)N3CCC(O)(c4ccccc4)CC3)cc2)cn1. The van der Waals surface area contributed by atoms with E-state index in [-0.39, 0.29) is 5.91 Å². The number of rotatable bonds is 4. The van der Waals surface area contributed by atoms with E-state index in [1.807, 2.05) is 84.9 Å². The summed E-state index contributed by atoms with van der Waals surface area (Å²) >= 11 is 0. The van der Waals surface area contributed by atoms with Gasteiger partial charge in [0.2, 0.25) is 0 Å². The molecule has 0 atom stereocenters. The van der Waals surface area contributed by atoms with E-state index in [1.54, 1.807) is 0 Å². The van der Waals surface area contributed by atoms with Crippen molar-refractivity contribution in [1.29, 1.82) is 0 Å². The van der Waals surface area contributed by atoms with Crippen LogP contribution in [0.5, 0.6) is 0 Å². The Morgan fingerprint density at radius 3 is 2.21 bits per heavy atom. The summed E-state index contributed by atoms with van der Waals surface area (Å²) in [6.45, 7) is 1.09. The van der Waals surface area contributed by atoms with Gasteiger partial charge in [-0.1, -0.05) is 42.5 Å². The summed E-state index contributed by atoms with van der Waals surface area (Å²) in [6, 6.07) is 21.3. The second kappa shape index (κ2) is 8.05. The molecule has 1 aliphatic rings. The Morgan fingerprint density at radius 2 is 1.62 bits per heavy atom. The first-order valence-corrected chi connectivity index (χ1v) is 9.90. The molecule has 2 heterocycles. The van der Waals surface area contributed by atoms with Crippen LogP contribution in [0.4, 0.5) is 5.82 Å². The third-order valence-electron chi connectivity index (χ3n) is 5.67. The van der Waals surface area contributed by atoms with Crippen LogP contribution in [-0.4, -0.2) is 41.0 Å². The fourth-order valence-corrected chi connectivity index (χ4v) is 3.82. The Morgan fingerprint density at radius 1 is 0.966 bits per heavy atom. The van der Waals surface area contributed by atoms with Crippen molar-refractivity contribution >= 4 is 11.7 Å². The number of amides is 1. The largest absolute Gasteiger partial charge is 0.385 e. The molecule has 1 amide bonds. The fourth-order valence-electron chi connectivity index (χ4n) is 3.82. The standard InChI is InChI=1S/C24H25N3O2/c1-25-22-12-11-20(17-26-22)18-7-9-19(10-8-18)23(28)27-15-13-24(29,14-16-27)21-5-3-2-4-6-21/h2-12,17,29H,13-16H2,1H3,(H,25,26). The highest BCUT2D eigenvalue weighted by Crippen LogP contribution is 2.33. The maximum Gasteiger partial charge on any atom is 0.253 e. The van der Waals surface area contributed by atoms with Crippen molar-refractivity contribution in [3.63, 3.8) is 0 Å². The molecule has 2 aromatic carbocycles. The Balaban J connectivity index is 1.42. The number of benzene rings is 2. The van der Waals surface area contributed by atoms with Gasteiger partial charge in [-0.2, -0.15) is 0 Å². The zero-order chi connectivity index (χ0) is 20.3. The lowest BCUT2D eigenvalue weighted by Gasteiger charge is -2.38. The number of carbonyl (C=O) groups excluding carboxylic acids is 1. The van der Waals surface area contributed by atoms with Crippen LogP contribution < -0.4 is 5.32 Å². The lowest BCUT2D eigenvalue weighted by molar-refractivity contribution is -0.0211. The first kappa shape index (κ1) is 19.2. The predicted octanol–water partition coefficient (Wildman–Crippen LogP) is 3.91. The Hall–Kier alpha value is -3.18. The molecule has 5 heteroatoms. The van der Waals surface area contributed by atoms with Crippen molar-refractivity contribution in [3.05, 3.63) is 84.1 Å². The summed E-state index contributed by atoms with van der Waals surface area (Å²) in [4.78, 5) is 19.1. The molecule has 1 saturated heterocycles. The highest BCUT2D eigenvalue weighted by Gasteiger charge is 2.35. The molecular weight excluding hydrogens is 362 g/mol. The predicted molar refractivity (Wildman–Crippen MR) is 115 cm³/mol. The zero-order valence-corrected chi connectivity index (χ0v) is 16.5. The third-order valence-corrected chi connectivity index (χ3v) is 5.67. The van der Waals surface area contributed by atoms with Crippen molar-refractivity contribution in [2.45, 2.75) is 18.4 Å². The molecule has 148 valence electrons. The molecule has 0 bridgehead atoms. The van der Waals surface area contributed by atoms with Crippen molar-refractivity contribution in [1.82, 2.24) is 9.88 Å². The van der Waals surface area contributed by atoms with E-state index in [1.165, 1.54) is 0 Å². The molecule has 5 nitrogen and oxygen atoms in total. The number of anilines is 1. The molecule has 0 spiro atoms. The molecule has 1 fully saturated rings. The number of aliphatic hydroxyl groups is 1. The summed E-state index contributed by atoms with van der Waals surface area (Å²) in [7, 11) is 1.84. The number of hydrogen-bond donors (Lipinski definition) is 2. The quantitative estimate of drug-likeness (QED) is 0.712. The van der Waals surface area contributed by atoms with Crippen LogP contribution in [0.3, 0.4) is 0 Å². The molecule has 0 unspecified atom stereocenters. The van der Waals surface area contributed by atoms with Gasteiger partial charge in [0, 0.05) is 37.5 Å². The van der Waals surface area contributed by atoms with E-state index in [2.05, 4.69) is 10.3 Å². The van der Waals surface area contributed by atoms with Crippen LogP contribution in [0, 0.1) is 0 Å². The minimum atomic E-state index is -0.853. The van der Waals surface area contributed by atoms with Crippen LogP contribution in [0.25, 0.3) is 11.1 Å². The summed E-state index contributed by atoms with van der Waals surface area (Å²) in [6.07, 6.45) is 2.91. The van der Waals surface area contributed by atoms with Crippen LogP contribution in [0.2, 0.25) is 0 Å². The van der Waals surface area contributed by atoms with Gasteiger partial charge in [-0.15, -0.1) is 0 Å². The Kier molecular flexibility index (Phi) is 5.32. The molecule has 2 N–H and O–H groups in total. The van der Waals surface area contributed by atoms with Crippen LogP contribution in [0.15, 0.2) is 72.9 Å². The van der Waals surface area contributed by atoms with E-state index < -0.39 is 5.60 Å². The number of nitrogens with one attached hydrogen (secondary N) is 1. The van der Waals surface area contributed by atoms with Crippen LogP contribution >= 0.6 is 0 Å². The van der Waals surface area contributed by atoms with Gasteiger partial charge in [0.1, 0.15) is 5.82 Å². The molecule has 1 aliphatic heterocycles. The van der Waals surface area contributed by atoms with Gasteiger partial charge in [-0.05, 0) is 48.2 Å². The van der Waals surface area contributed by atoms with Crippen molar-refractivity contribution in [2.75, 3.05) is 25.5 Å². The van der Waals surface area contributed by atoms with Gasteiger partial charge in [-0.25, -0.2) is 4.98 Å². The lowest BCUT2D eigenvalue weighted by atomic mass is 9.84. The lowest BCUT2D eigenvalue weighted by Crippen LogP contribution is -2.45. The molecule has 0 saturated carbocycles. The number of nitrogens with zero attached hydrogens (tertiary/aromatic N) is 2. The molecule has 0 radical (unpaired) electrons. The first-order chi connectivity index (χ1) is 14.1. The number of likely N-dealkylation sites (tertiary alicyclic amines) is 1. The van der Waals surface area contributed by atoms with Gasteiger partial charge in [0.15, 0.2) is 0 Å². The number of hydrogen-bond acceptors (Lipinski definition) is 4.